The van der Waals surface area contributed by atoms with Crippen molar-refractivity contribution in [1.82, 2.24) is 9.55 Å². The number of hydrogen-bond donors (Lipinski definition) is 2. The molecule has 0 bridgehead atoms. The first-order chi connectivity index (χ1) is 9.69. The monoisotopic (exact) mass is 291 g/mol. The second-order valence-corrected chi connectivity index (χ2v) is 5.02. The van der Waals surface area contributed by atoms with E-state index in [1.165, 1.54) is 0 Å². The maximum Gasteiger partial charge on any atom is 0.170 e. The maximum absolute atomic E-state index is 8.68. The van der Waals surface area contributed by atoms with Gasteiger partial charge >= 0.3 is 0 Å². The Balaban J connectivity index is 1.89. The Hall–Kier alpha value is -2.21. The molecule has 0 radical (unpaired) electrons. The summed E-state index contributed by atoms with van der Waals surface area (Å²) in [6, 6.07) is 5.37. The summed E-state index contributed by atoms with van der Waals surface area (Å²) in [4.78, 5) is 6.49. The van der Waals surface area contributed by atoms with Crippen molar-refractivity contribution in [3.63, 3.8) is 0 Å². The predicted molar refractivity (Wildman–Crippen MR) is 77.2 cm³/mol. The quantitative estimate of drug-likeness (QED) is 0.382. The minimum atomic E-state index is 0.0487. The van der Waals surface area contributed by atoms with E-state index in [1.807, 2.05) is 18.5 Å². The lowest BCUT2D eigenvalue weighted by atomic mass is 10.1. The zero-order valence-corrected chi connectivity index (χ0v) is 11.5. The second-order valence-electron chi connectivity index (χ2n) is 4.61. The fourth-order valence-electron chi connectivity index (χ4n) is 2.36. The van der Waals surface area contributed by atoms with Crippen molar-refractivity contribution in [3.05, 3.63) is 47.0 Å². The number of oxime groups is 1. The van der Waals surface area contributed by atoms with Crippen LogP contribution in [-0.2, 0) is 13.1 Å². The summed E-state index contributed by atoms with van der Waals surface area (Å²) in [7, 11) is 0. The molecule has 0 aliphatic carbocycles. The smallest absolute Gasteiger partial charge is 0.170 e. The van der Waals surface area contributed by atoms with Gasteiger partial charge in [0.25, 0.3) is 0 Å². The zero-order valence-electron chi connectivity index (χ0n) is 10.7. The fourth-order valence-corrected chi connectivity index (χ4v) is 2.66. The van der Waals surface area contributed by atoms with Gasteiger partial charge in [-0.2, -0.15) is 0 Å². The molecule has 104 valence electrons. The van der Waals surface area contributed by atoms with E-state index in [-0.39, 0.29) is 5.84 Å². The number of aromatic nitrogens is 2. The molecule has 0 saturated carbocycles. The van der Waals surface area contributed by atoms with Gasteiger partial charge in [-0.1, -0.05) is 16.8 Å². The number of fused-ring (bicyclic) bond motifs is 1. The van der Waals surface area contributed by atoms with Gasteiger partial charge in [-0.15, -0.1) is 0 Å². The van der Waals surface area contributed by atoms with Crippen molar-refractivity contribution in [3.8, 4) is 0 Å². The number of benzene rings is 1. The Morgan fingerprint density at radius 3 is 3.00 bits per heavy atom. The largest absolute Gasteiger partial charge is 0.409 e. The molecule has 0 unspecified atom stereocenters. The highest BCUT2D eigenvalue weighted by Crippen LogP contribution is 2.29. The van der Waals surface area contributed by atoms with Crippen LogP contribution in [0.2, 0.25) is 5.02 Å². The van der Waals surface area contributed by atoms with Crippen molar-refractivity contribution in [2.24, 2.45) is 10.9 Å². The Labute approximate surface area is 121 Å². The Morgan fingerprint density at radius 1 is 1.40 bits per heavy atom. The first kappa shape index (κ1) is 12.8. The van der Waals surface area contributed by atoms with E-state index in [2.05, 4.69) is 19.6 Å². The van der Waals surface area contributed by atoms with Gasteiger partial charge in [-0.25, -0.2) is 4.98 Å². The topological polar surface area (TPSA) is 79.7 Å². The molecule has 1 aliphatic rings. The van der Waals surface area contributed by atoms with Crippen LogP contribution in [0.4, 0.5) is 5.69 Å². The number of nitrogens with zero attached hydrogens (tertiary/aromatic N) is 4. The molecular weight excluding hydrogens is 278 g/mol. The van der Waals surface area contributed by atoms with E-state index >= 15 is 0 Å². The number of amidine groups is 1. The molecular formula is C13H14ClN5O. The van der Waals surface area contributed by atoms with Crippen LogP contribution in [0.1, 0.15) is 11.4 Å². The summed E-state index contributed by atoms with van der Waals surface area (Å²) < 4.78 is 2.13. The van der Waals surface area contributed by atoms with E-state index in [1.54, 1.807) is 12.1 Å². The molecule has 0 atom stereocenters. The summed E-state index contributed by atoms with van der Waals surface area (Å²) in [5, 5.41) is 12.2. The molecule has 7 heteroatoms. The standard InChI is InChI=1S/C13H14ClN5O/c14-10-7-9(13(15)17-20)1-2-11(10)19-6-5-18-4-3-16-12(18)8-19/h1-4,7,20H,5-6,8H2,(H2,15,17). The van der Waals surface area contributed by atoms with Crippen molar-refractivity contribution >= 4 is 23.1 Å². The maximum atomic E-state index is 8.68. The lowest BCUT2D eigenvalue weighted by Gasteiger charge is -2.30. The van der Waals surface area contributed by atoms with E-state index in [0.29, 0.717) is 10.6 Å². The molecule has 2 aromatic rings. The average molecular weight is 292 g/mol. The van der Waals surface area contributed by atoms with E-state index < -0.39 is 0 Å². The second kappa shape index (κ2) is 5.05. The lowest BCUT2D eigenvalue weighted by Crippen LogP contribution is -2.33. The van der Waals surface area contributed by atoms with Gasteiger partial charge in [-0.05, 0) is 18.2 Å². The van der Waals surface area contributed by atoms with Crippen LogP contribution in [-0.4, -0.2) is 27.1 Å². The van der Waals surface area contributed by atoms with Crippen LogP contribution in [0.15, 0.2) is 35.7 Å². The number of imidazole rings is 1. The number of rotatable bonds is 2. The molecule has 3 N–H and O–H groups in total. The van der Waals surface area contributed by atoms with Crippen molar-refractivity contribution in [2.75, 3.05) is 11.4 Å². The van der Waals surface area contributed by atoms with Gasteiger partial charge in [0.1, 0.15) is 5.82 Å². The number of halogens is 1. The summed E-state index contributed by atoms with van der Waals surface area (Å²) in [6.07, 6.45) is 3.79. The first-order valence-electron chi connectivity index (χ1n) is 6.21. The first-order valence-corrected chi connectivity index (χ1v) is 6.59. The van der Waals surface area contributed by atoms with Gasteiger partial charge in [-0.3, -0.25) is 0 Å². The third-order valence-corrected chi connectivity index (χ3v) is 3.74. The van der Waals surface area contributed by atoms with E-state index in [0.717, 1.165) is 31.1 Å². The summed E-state index contributed by atoms with van der Waals surface area (Å²) >= 11 is 6.30. The summed E-state index contributed by atoms with van der Waals surface area (Å²) in [6.45, 7) is 2.47. The average Bonchev–Trinajstić information content (AvgIpc) is 2.93. The zero-order chi connectivity index (χ0) is 14.1. The third kappa shape index (κ3) is 2.18. The van der Waals surface area contributed by atoms with Crippen LogP contribution in [0.3, 0.4) is 0 Å². The van der Waals surface area contributed by atoms with Crippen molar-refractivity contribution < 1.29 is 5.21 Å². The van der Waals surface area contributed by atoms with Crippen LogP contribution >= 0.6 is 11.6 Å². The lowest BCUT2D eigenvalue weighted by molar-refractivity contribution is 0.318. The third-order valence-electron chi connectivity index (χ3n) is 3.44. The molecule has 0 saturated heterocycles. The van der Waals surface area contributed by atoms with Gasteiger partial charge in [0.2, 0.25) is 0 Å². The van der Waals surface area contributed by atoms with Crippen LogP contribution < -0.4 is 10.6 Å². The SMILES string of the molecule is NC(=NO)c1ccc(N2CCn3ccnc3C2)c(Cl)c1. The van der Waals surface area contributed by atoms with Crippen LogP contribution in [0.5, 0.6) is 0 Å². The number of nitrogens with two attached hydrogens (primary N) is 1. The van der Waals surface area contributed by atoms with Crippen LogP contribution in [0, 0.1) is 0 Å². The van der Waals surface area contributed by atoms with Gasteiger partial charge in [0, 0.05) is 31.0 Å². The van der Waals surface area contributed by atoms with Gasteiger partial charge < -0.3 is 20.4 Å². The summed E-state index contributed by atoms with van der Waals surface area (Å²) in [5.74, 6) is 1.07. The van der Waals surface area contributed by atoms with Crippen LogP contribution in [0.25, 0.3) is 0 Å². The normalized spacial score (nSPS) is 15.2. The number of anilines is 1. The molecule has 3 rings (SSSR count). The number of hydrogen-bond acceptors (Lipinski definition) is 4. The molecule has 0 amide bonds. The van der Waals surface area contributed by atoms with Crippen molar-refractivity contribution in [1.29, 1.82) is 0 Å². The molecule has 1 aromatic heterocycles. The highest BCUT2D eigenvalue weighted by Gasteiger charge is 2.19. The minimum absolute atomic E-state index is 0.0487. The predicted octanol–water partition coefficient (Wildman–Crippen LogP) is 1.65. The minimum Gasteiger partial charge on any atom is -0.409 e. The van der Waals surface area contributed by atoms with Gasteiger partial charge in [0.15, 0.2) is 5.84 Å². The molecule has 2 heterocycles. The Bertz CT molecular complexity index is 667. The van der Waals surface area contributed by atoms with Gasteiger partial charge in [0.05, 0.1) is 17.3 Å². The molecule has 6 nitrogen and oxygen atoms in total. The highest BCUT2D eigenvalue weighted by atomic mass is 35.5. The molecule has 0 fully saturated rings. The Morgan fingerprint density at radius 2 is 2.25 bits per heavy atom. The summed E-state index contributed by atoms with van der Waals surface area (Å²) in [5.41, 5.74) is 7.08. The van der Waals surface area contributed by atoms with Crippen molar-refractivity contribution in [2.45, 2.75) is 13.1 Å². The molecule has 1 aromatic carbocycles. The molecule has 1 aliphatic heterocycles. The fraction of sp³-hybridized carbons (Fsp3) is 0.231. The molecule has 0 spiro atoms. The van der Waals surface area contributed by atoms with E-state index in [9.17, 15) is 0 Å². The molecule has 20 heavy (non-hydrogen) atoms. The highest BCUT2D eigenvalue weighted by molar-refractivity contribution is 6.33. The van der Waals surface area contributed by atoms with E-state index in [4.69, 9.17) is 22.5 Å². The Kier molecular flexibility index (Phi) is 3.23.